The number of hydrogen-bond donors (Lipinski definition) is 0. The first-order valence-corrected chi connectivity index (χ1v) is 8.70. The summed E-state index contributed by atoms with van der Waals surface area (Å²) in [5, 5.41) is 4.04. The first-order valence-electron chi connectivity index (χ1n) is 8.70. The van der Waals surface area contributed by atoms with E-state index in [2.05, 4.69) is 16.7 Å². The summed E-state index contributed by atoms with van der Waals surface area (Å²) in [5.41, 5.74) is 4.96. The average molecular weight is 362 g/mol. The third kappa shape index (κ3) is 3.82. The Morgan fingerprint density at radius 3 is 2.56 bits per heavy atom. The van der Waals surface area contributed by atoms with Crippen LogP contribution in [0.5, 0.6) is 5.75 Å². The molecule has 0 spiro atoms. The quantitative estimate of drug-likeness (QED) is 0.456. The molecule has 0 saturated carbocycles. The number of rotatable bonds is 6. The molecule has 0 saturated heterocycles. The van der Waals surface area contributed by atoms with Gasteiger partial charge in [0.2, 0.25) is 5.82 Å². The molecule has 27 heavy (non-hydrogen) atoms. The Kier molecular flexibility index (Phi) is 5.21. The number of nitrogens with zero attached hydrogens (tertiary/aromatic N) is 2. The molecule has 138 valence electrons. The molecular weight excluding hydrogens is 340 g/mol. The van der Waals surface area contributed by atoms with E-state index in [4.69, 9.17) is 9.26 Å². The normalized spacial score (nSPS) is 10.7. The lowest BCUT2D eigenvalue weighted by Crippen LogP contribution is -2.05. The molecule has 0 unspecified atom stereocenters. The van der Waals surface area contributed by atoms with E-state index in [1.807, 2.05) is 45.0 Å². The van der Waals surface area contributed by atoms with Gasteiger partial charge in [0.05, 0.1) is 0 Å². The molecule has 1 heterocycles. The van der Waals surface area contributed by atoms with E-state index in [1.54, 1.807) is 19.1 Å². The first-order chi connectivity index (χ1) is 12.9. The zero-order chi connectivity index (χ0) is 19.6. The Hall–Kier alpha value is -3.21. The number of ether oxygens (including phenoxy) is 1. The predicted octanol–water partition coefficient (Wildman–Crippen LogP) is 5.00. The number of carbonyl (C=O) groups excluding carboxylic acids is 1. The monoisotopic (exact) mass is 362 g/mol. The van der Waals surface area contributed by atoms with Gasteiger partial charge >= 0.3 is 0 Å². The molecule has 2 aromatic carbocycles. The minimum Gasteiger partial charge on any atom is -0.483 e. The molecule has 3 aromatic rings. The van der Waals surface area contributed by atoms with Crippen LogP contribution in [-0.2, 0) is 6.61 Å². The molecule has 0 aliphatic carbocycles. The van der Waals surface area contributed by atoms with Crippen LogP contribution in [0.25, 0.3) is 11.4 Å². The zero-order valence-electron chi connectivity index (χ0n) is 16.0. The number of aromatic nitrogens is 2. The van der Waals surface area contributed by atoms with Crippen LogP contribution in [0.15, 0.2) is 53.1 Å². The molecule has 0 aliphatic heterocycles. The molecule has 1 aromatic heterocycles. The fourth-order valence-electron chi connectivity index (χ4n) is 2.81. The van der Waals surface area contributed by atoms with Crippen molar-refractivity contribution in [2.24, 2.45) is 0 Å². The Morgan fingerprint density at radius 2 is 1.85 bits per heavy atom. The lowest BCUT2D eigenvalue weighted by atomic mass is 9.96. The second-order valence-corrected chi connectivity index (χ2v) is 6.59. The number of hydrogen-bond acceptors (Lipinski definition) is 5. The van der Waals surface area contributed by atoms with Gasteiger partial charge in [-0.05, 0) is 62.1 Å². The number of aryl methyl sites for hydroxylation is 1. The molecule has 0 radical (unpaired) electrons. The van der Waals surface area contributed by atoms with Gasteiger partial charge in [-0.1, -0.05) is 36.0 Å². The minimum absolute atomic E-state index is 0.0538. The smallest absolute Gasteiger partial charge is 0.264 e. The Morgan fingerprint density at radius 1 is 1.11 bits per heavy atom. The van der Waals surface area contributed by atoms with Crippen LogP contribution >= 0.6 is 0 Å². The van der Waals surface area contributed by atoms with Crippen LogP contribution in [0.4, 0.5) is 0 Å². The Bertz CT molecular complexity index is 1020. The second kappa shape index (κ2) is 7.58. The Labute approximate surface area is 158 Å². The van der Waals surface area contributed by atoms with Gasteiger partial charge in [-0.25, -0.2) is 0 Å². The van der Waals surface area contributed by atoms with E-state index >= 15 is 0 Å². The molecule has 0 amide bonds. The first kappa shape index (κ1) is 18.6. The molecule has 0 fully saturated rings. The molecule has 0 N–H and O–H groups in total. The highest BCUT2D eigenvalue weighted by atomic mass is 16.5. The molecule has 5 heteroatoms. The number of benzene rings is 2. The fraction of sp³-hybridized carbons (Fsp3) is 0.227. The lowest BCUT2D eigenvalue weighted by Gasteiger charge is -2.13. The maximum atomic E-state index is 12.2. The SMILES string of the molecule is C=C(C)C(=O)c1ccc(OCc2nc(-c3ccccc3C)no2)c(C)c1C. The molecular formula is C22H22N2O3. The summed E-state index contributed by atoms with van der Waals surface area (Å²) in [5.74, 6) is 1.57. The fourth-order valence-corrected chi connectivity index (χ4v) is 2.81. The summed E-state index contributed by atoms with van der Waals surface area (Å²) in [6.07, 6.45) is 0. The molecule has 0 atom stereocenters. The van der Waals surface area contributed by atoms with Crippen LogP contribution in [0.1, 0.15) is 39.9 Å². The molecule has 3 rings (SSSR count). The van der Waals surface area contributed by atoms with Crippen LogP contribution in [0.2, 0.25) is 0 Å². The van der Waals surface area contributed by atoms with E-state index in [0.29, 0.717) is 28.6 Å². The summed E-state index contributed by atoms with van der Waals surface area (Å²) < 4.78 is 11.2. The standard InChI is InChI=1S/C22H22N2O3/c1-13(2)21(25)18-10-11-19(16(5)15(18)4)26-12-20-23-22(24-27-20)17-9-7-6-8-14(17)3/h6-11H,1,12H2,2-5H3. The van der Waals surface area contributed by atoms with E-state index in [-0.39, 0.29) is 12.4 Å². The third-order valence-corrected chi connectivity index (χ3v) is 4.57. The predicted molar refractivity (Wildman–Crippen MR) is 104 cm³/mol. The van der Waals surface area contributed by atoms with Crippen molar-refractivity contribution in [3.63, 3.8) is 0 Å². The highest BCUT2D eigenvalue weighted by Gasteiger charge is 2.15. The van der Waals surface area contributed by atoms with Crippen LogP contribution < -0.4 is 4.74 Å². The van der Waals surface area contributed by atoms with Gasteiger partial charge in [-0.15, -0.1) is 0 Å². The topological polar surface area (TPSA) is 65.2 Å². The number of ketones is 1. The summed E-state index contributed by atoms with van der Waals surface area (Å²) in [7, 11) is 0. The van der Waals surface area contributed by atoms with E-state index < -0.39 is 0 Å². The molecule has 0 bridgehead atoms. The van der Waals surface area contributed by atoms with Crippen molar-refractivity contribution in [1.29, 1.82) is 0 Å². The lowest BCUT2D eigenvalue weighted by molar-refractivity contribution is 0.103. The van der Waals surface area contributed by atoms with Crippen molar-refractivity contribution in [3.8, 4) is 17.1 Å². The number of carbonyl (C=O) groups is 1. The van der Waals surface area contributed by atoms with Gasteiger partial charge < -0.3 is 9.26 Å². The summed E-state index contributed by atoms with van der Waals surface area (Å²) in [6.45, 7) is 11.4. The van der Waals surface area contributed by atoms with Crippen molar-refractivity contribution in [3.05, 3.63) is 76.7 Å². The summed E-state index contributed by atoms with van der Waals surface area (Å²) in [6, 6.07) is 11.4. The maximum absolute atomic E-state index is 12.2. The number of Topliss-reactive ketones (excluding diaryl/α,β-unsaturated/α-hetero) is 1. The zero-order valence-corrected chi connectivity index (χ0v) is 16.0. The highest BCUT2D eigenvalue weighted by molar-refractivity contribution is 6.09. The maximum Gasteiger partial charge on any atom is 0.264 e. The van der Waals surface area contributed by atoms with Gasteiger partial charge in [0.25, 0.3) is 5.89 Å². The van der Waals surface area contributed by atoms with Gasteiger partial charge in [-0.2, -0.15) is 4.98 Å². The highest BCUT2D eigenvalue weighted by Crippen LogP contribution is 2.27. The molecule has 0 aliphatic rings. The van der Waals surface area contributed by atoms with Crippen LogP contribution in [0, 0.1) is 20.8 Å². The van der Waals surface area contributed by atoms with Gasteiger partial charge in [0, 0.05) is 11.1 Å². The van der Waals surface area contributed by atoms with Gasteiger partial charge in [-0.3, -0.25) is 4.79 Å². The van der Waals surface area contributed by atoms with Gasteiger partial charge in [0.1, 0.15) is 5.75 Å². The van der Waals surface area contributed by atoms with Gasteiger partial charge in [0.15, 0.2) is 12.4 Å². The number of allylic oxidation sites excluding steroid dienone is 1. The van der Waals surface area contributed by atoms with Crippen LogP contribution in [0.3, 0.4) is 0 Å². The summed E-state index contributed by atoms with van der Waals surface area (Å²) >= 11 is 0. The largest absolute Gasteiger partial charge is 0.483 e. The van der Waals surface area contributed by atoms with Crippen molar-refractivity contribution < 1.29 is 14.1 Å². The van der Waals surface area contributed by atoms with Crippen LogP contribution in [-0.4, -0.2) is 15.9 Å². The van der Waals surface area contributed by atoms with E-state index in [9.17, 15) is 4.79 Å². The van der Waals surface area contributed by atoms with Crippen molar-refractivity contribution in [2.45, 2.75) is 34.3 Å². The van der Waals surface area contributed by atoms with Crippen molar-refractivity contribution in [2.75, 3.05) is 0 Å². The third-order valence-electron chi connectivity index (χ3n) is 4.57. The summed E-state index contributed by atoms with van der Waals surface area (Å²) in [4.78, 5) is 16.6. The van der Waals surface area contributed by atoms with Crippen molar-refractivity contribution >= 4 is 5.78 Å². The molecule has 5 nitrogen and oxygen atoms in total. The van der Waals surface area contributed by atoms with Crippen molar-refractivity contribution in [1.82, 2.24) is 10.1 Å². The minimum atomic E-state index is -0.0538. The van der Waals surface area contributed by atoms with E-state index in [0.717, 1.165) is 22.3 Å². The average Bonchev–Trinajstić information content (AvgIpc) is 3.11. The Balaban J connectivity index is 1.76. The van der Waals surface area contributed by atoms with E-state index in [1.165, 1.54) is 0 Å². The second-order valence-electron chi connectivity index (χ2n) is 6.59.